The number of aryl methyl sites for hydroxylation is 2. The van der Waals surface area contributed by atoms with E-state index in [-0.39, 0.29) is 23.3 Å². The highest BCUT2D eigenvalue weighted by Gasteiger charge is 2.20. The van der Waals surface area contributed by atoms with E-state index in [4.69, 9.17) is 4.98 Å². The van der Waals surface area contributed by atoms with E-state index in [1.165, 1.54) is 29.0 Å². The molecule has 10 heteroatoms. The number of nitrogens with zero attached hydrogens (tertiary/aromatic N) is 4. The van der Waals surface area contributed by atoms with Gasteiger partial charge in [0.2, 0.25) is 0 Å². The fourth-order valence-corrected chi connectivity index (χ4v) is 5.23. The second-order valence-electron chi connectivity index (χ2n) is 7.21. The predicted molar refractivity (Wildman–Crippen MR) is 136 cm³/mol. The van der Waals surface area contributed by atoms with Gasteiger partial charge in [-0.25, -0.2) is 4.98 Å². The van der Waals surface area contributed by atoms with Gasteiger partial charge in [-0.15, -0.1) is 12.4 Å². The van der Waals surface area contributed by atoms with Gasteiger partial charge in [0, 0.05) is 30.1 Å². The van der Waals surface area contributed by atoms with Crippen molar-refractivity contribution in [1.29, 1.82) is 0 Å². The first-order valence-electron chi connectivity index (χ1n) is 10.2. The van der Waals surface area contributed by atoms with E-state index in [1.54, 1.807) is 17.0 Å². The van der Waals surface area contributed by atoms with Crippen molar-refractivity contribution in [3.8, 4) is 0 Å². The molecule has 0 aliphatic carbocycles. The Hall–Kier alpha value is -2.33. The van der Waals surface area contributed by atoms with E-state index >= 15 is 0 Å². The Kier molecular flexibility index (Phi) is 9.33. The number of rotatable bonds is 9. The summed E-state index contributed by atoms with van der Waals surface area (Å²) in [6, 6.07) is 7.29. The van der Waals surface area contributed by atoms with Crippen molar-refractivity contribution in [3.05, 3.63) is 56.5 Å². The van der Waals surface area contributed by atoms with E-state index in [0.29, 0.717) is 16.6 Å². The molecule has 0 radical (unpaired) electrons. The van der Waals surface area contributed by atoms with Crippen LogP contribution >= 0.6 is 35.1 Å². The molecule has 0 unspecified atom stereocenters. The number of anilines is 1. The van der Waals surface area contributed by atoms with Crippen molar-refractivity contribution in [2.75, 3.05) is 31.1 Å². The molecule has 2 aromatic heterocycles. The minimum Gasteiger partial charge on any atom is -0.302 e. The Labute approximate surface area is 201 Å². The van der Waals surface area contributed by atoms with Crippen LogP contribution in [-0.2, 0) is 4.79 Å². The van der Waals surface area contributed by atoms with Crippen LogP contribution in [0.3, 0.4) is 0 Å². The van der Waals surface area contributed by atoms with Gasteiger partial charge in [0.15, 0.2) is 5.13 Å². The summed E-state index contributed by atoms with van der Waals surface area (Å²) in [5.74, 6) is -0.184. The number of benzene rings is 1. The van der Waals surface area contributed by atoms with Gasteiger partial charge in [0.1, 0.15) is 0 Å². The minimum absolute atomic E-state index is 0. The number of likely N-dealkylation sites (N-methyl/N-ethyl adjacent to an activating group) is 1. The zero-order valence-electron chi connectivity index (χ0n) is 18.5. The molecule has 172 valence electrons. The molecule has 0 bridgehead atoms. The summed E-state index contributed by atoms with van der Waals surface area (Å²) in [6.45, 7) is 11.4. The largest absolute Gasteiger partial charge is 0.324 e. The van der Waals surface area contributed by atoms with Gasteiger partial charge >= 0.3 is 5.00 Å². The molecule has 0 aliphatic rings. The number of fused-ring (bicyclic) bond motifs is 1. The van der Waals surface area contributed by atoms with Crippen LogP contribution in [-0.4, -0.2) is 46.9 Å². The highest BCUT2D eigenvalue weighted by Crippen LogP contribution is 2.32. The summed E-state index contributed by atoms with van der Waals surface area (Å²) in [6.07, 6.45) is 3.11. The normalized spacial score (nSPS) is 11.3. The van der Waals surface area contributed by atoms with E-state index in [9.17, 15) is 14.9 Å². The first-order valence-corrected chi connectivity index (χ1v) is 11.8. The lowest BCUT2D eigenvalue weighted by molar-refractivity contribution is -0.380. The third-order valence-electron chi connectivity index (χ3n) is 5.03. The second kappa shape index (κ2) is 11.5. The van der Waals surface area contributed by atoms with Crippen molar-refractivity contribution >= 4 is 67.4 Å². The van der Waals surface area contributed by atoms with Crippen LogP contribution in [0.5, 0.6) is 0 Å². The number of hydrogen-bond donors (Lipinski definition) is 0. The molecule has 7 nitrogen and oxygen atoms in total. The number of amides is 1. The van der Waals surface area contributed by atoms with E-state index in [0.717, 1.165) is 46.8 Å². The topological polar surface area (TPSA) is 79.6 Å². The molecule has 0 N–H and O–H groups in total. The maximum absolute atomic E-state index is 13.1. The van der Waals surface area contributed by atoms with Crippen LogP contribution < -0.4 is 4.90 Å². The monoisotopic (exact) mass is 494 g/mol. The first-order chi connectivity index (χ1) is 14.8. The molecule has 3 rings (SSSR count). The zero-order valence-corrected chi connectivity index (χ0v) is 21.0. The molecule has 1 amide bonds. The molecule has 0 fully saturated rings. The van der Waals surface area contributed by atoms with Crippen molar-refractivity contribution in [1.82, 2.24) is 9.88 Å². The van der Waals surface area contributed by atoms with Gasteiger partial charge in [-0.3, -0.25) is 19.8 Å². The molecule has 0 saturated carbocycles. The van der Waals surface area contributed by atoms with E-state index in [1.807, 2.05) is 6.92 Å². The first kappa shape index (κ1) is 25.9. The lowest BCUT2D eigenvalue weighted by atomic mass is 10.1. The quantitative estimate of drug-likeness (QED) is 0.217. The minimum atomic E-state index is -0.425. The van der Waals surface area contributed by atoms with Gasteiger partial charge in [-0.05, 0) is 56.3 Å². The SMILES string of the molecule is CCN(CC)CCN(C(=O)C=Cc1ccc([N+](=O)[O-])s1)c1nc2c(C)cc(C)cc2s1.Cl. The molecule has 1 aromatic carbocycles. The van der Waals surface area contributed by atoms with Crippen LogP contribution in [0.15, 0.2) is 30.3 Å². The van der Waals surface area contributed by atoms with Crippen LogP contribution in [0.4, 0.5) is 10.1 Å². The predicted octanol–water partition coefficient (Wildman–Crippen LogP) is 5.69. The highest BCUT2D eigenvalue weighted by atomic mass is 35.5. The van der Waals surface area contributed by atoms with Gasteiger partial charge in [-0.1, -0.05) is 42.6 Å². The third-order valence-corrected chi connectivity index (χ3v) is 7.06. The van der Waals surface area contributed by atoms with Crippen molar-refractivity contribution in [2.24, 2.45) is 0 Å². The Morgan fingerprint density at radius 1 is 1.16 bits per heavy atom. The lowest BCUT2D eigenvalue weighted by Gasteiger charge is -2.23. The summed E-state index contributed by atoms with van der Waals surface area (Å²) in [5.41, 5.74) is 3.18. The number of aromatic nitrogens is 1. The summed E-state index contributed by atoms with van der Waals surface area (Å²) < 4.78 is 1.06. The fraction of sp³-hybridized carbons (Fsp3) is 0.364. The molecule has 0 saturated heterocycles. The maximum atomic E-state index is 13.1. The standard InChI is InChI=1S/C22H26N4O3S2.ClH/c1-5-24(6-2)11-12-25(19(27)9-7-17-8-10-20(30-17)26(28)29)22-23-21-16(4)13-15(3)14-18(21)31-22;/h7-10,13-14H,5-6,11-12H2,1-4H3;1H. The Morgan fingerprint density at radius 2 is 1.88 bits per heavy atom. The van der Waals surface area contributed by atoms with Crippen molar-refractivity contribution in [2.45, 2.75) is 27.7 Å². The van der Waals surface area contributed by atoms with Gasteiger partial charge in [-0.2, -0.15) is 0 Å². The summed E-state index contributed by atoms with van der Waals surface area (Å²) in [5, 5.41) is 11.6. The molecule has 0 aliphatic heterocycles. The average molecular weight is 495 g/mol. The van der Waals surface area contributed by atoms with Crippen molar-refractivity contribution < 1.29 is 9.72 Å². The van der Waals surface area contributed by atoms with Gasteiger partial charge in [0.05, 0.1) is 15.1 Å². The number of nitro groups is 1. The van der Waals surface area contributed by atoms with E-state index < -0.39 is 4.92 Å². The summed E-state index contributed by atoms with van der Waals surface area (Å²) >= 11 is 2.56. The Morgan fingerprint density at radius 3 is 2.50 bits per heavy atom. The fourth-order valence-electron chi connectivity index (χ4n) is 3.33. The third kappa shape index (κ3) is 6.13. The molecule has 0 spiro atoms. The Bertz CT molecular complexity index is 1120. The Balaban J connectivity index is 0.00000363. The summed E-state index contributed by atoms with van der Waals surface area (Å²) in [7, 11) is 0. The van der Waals surface area contributed by atoms with Crippen LogP contribution in [0.2, 0.25) is 0 Å². The molecule has 2 heterocycles. The van der Waals surface area contributed by atoms with E-state index in [2.05, 4.69) is 37.8 Å². The number of carbonyl (C=O) groups excluding carboxylic acids is 1. The lowest BCUT2D eigenvalue weighted by Crippen LogP contribution is -2.38. The molecular weight excluding hydrogens is 468 g/mol. The molecule has 32 heavy (non-hydrogen) atoms. The van der Waals surface area contributed by atoms with Crippen LogP contribution in [0, 0.1) is 24.0 Å². The maximum Gasteiger partial charge on any atom is 0.324 e. The van der Waals surface area contributed by atoms with Gasteiger partial charge in [0.25, 0.3) is 5.91 Å². The molecule has 3 aromatic rings. The number of hydrogen-bond acceptors (Lipinski definition) is 7. The smallest absolute Gasteiger partial charge is 0.302 e. The van der Waals surface area contributed by atoms with Gasteiger partial charge < -0.3 is 4.90 Å². The zero-order chi connectivity index (χ0) is 22.5. The number of thiophene rings is 1. The molecule has 0 atom stereocenters. The average Bonchev–Trinajstić information content (AvgIpc) is 3.37. The van der Waals surface area contributed by atoms with Crippen LogP contribution in [0.25, 0.3) is 16.3 Å². The molecular formula is C22H27ClN4O3S2. The van der Waals surface area contributed by atoms with Crippen LogP contribution in [0.1, 0.15) is 29.9 Å². The number of carbonyl (C=O) groups is 1. The van der Waals surface area contributed by atoms with Crippen molar-refractivity contribution in [3.63, 3.8) is 0 Å². The highest BCUT2D eigenvalue weighted by molar-refractivity contribution is 7.22. The number of halogens is 1. The summed E-state index contributed by atoms with van der Waals surface area (Å²) in [4.78, 5) is 33.0. The second-order valence-corrected chi connectivity index (χ2v) is 9.31. The number of thiazole rings is 1.